The Bertz CT molecular complexity index is 322. The van der Waals surface area contributed by atoms with Gasteiger partial charge in [0.1, 0.15) is 5.76 Å². The summed E-state index contributed by atoms with van der Waals surface area (Å²) in [6.07, 6.45) is 9.73. The minimum Gasteiger partial charge on any atom is -0.444 e. The van der Waals surface area contributed by atoms with E-state index in [0.717, 1.165) is 11.7 Å². The molecular weight excluding hydrogens is 224 g/mol. The lowest BCUT2D eigenvalue weighted by Crippen LogP contribution is -2.29. The molecule has 0 amide bonds. The Morgan fingerprint density at radius 2 is 1.94 bits per heavy atom. The summed E-state index contributed by atoms with van der Waals surface area (Å²) >= 11 is 0. The van der Waals surface area contributed by atoms with Gasteiger partial charge in [0.05, 0.1) is 12.2 Å². The SMILES string of the molecule is CCCCCCCC(C)NC(C)c1ncc(C)o1. The molecule has 18 heavy (non-hydrogen) atoms. The Morgan fingerprint density at radius 3 is 2.56 bits per heavy atom. The lowest BCUT2D eigenvalue weighted by atomic mass is 10.1. The van der Waals surface area contributed by atoms with Crippen molar-refractivity contribution in [2.75, 3.05) is 0 Å². The van der Waals surface area contributed by atoms with Crippen molar-refractivity contribution >= 4 is 0 Å². The van der Waals surface area contributed by atoms with Gasteiger partial charge in [0, 0.05) is 6.04 Å². The zero-order valence-electron chi connectivity index (χ0n) is 12.3. The van der Waals surface area contributed by atoms with Gasteiger partial charge in [-0.05, 0) is 27.2 Å². The summed E-state index contributed by atoms with van der Waals surface area (Å²) in [6.45, 7) is 8.54. The van der Waals surface area contributed by atoms with Crippen LogP contribution < -0.4 is 5.32 Å². The highest BCUT2D eigenvalue weighted by molar-refractivity contribution is 4.95. The molecule has 1 aromatic rings. The summed E-state index contributed by atoms with van der Waals surface area (Å²) in [5.74, 6) is 1.68. The molecule has 0 aromatic carbocycles. The molecule has 1 aromatic heterocycles. The van der Waals surface area contributed by atoms with Crippen LogP contribution in [0, 0.1) is 6.92 Å². The van der Waals surface area contributed by atoms with Gasteiger partial charge < -0.3 is 9.73 Å². The lowest BCUT2D eigenvalue weighted by Gasteiger charge is -2.17. The number of aromatic nitrogens is 1. The number of hydrogen-bond donors (Lipinski definition) is 1. The smallest absolute Gasteiger partial charge is 0.211 e. The van der Waals surface area contributed by atoms with Crippen molar-refractivity contribution in [1.82, 2.24) is 10.3 Å². The third-order valence-electron chi connectivity index (χ3n) is 3.28. The van der Waals surface area contributed by atoms with Gasteiger partial charge in [0.25, 0.3) is 0 Å². The molecule has 0 aliphatic rings. The highest BCUT2D eigenvalue weighted by Gasteiger charge is 2.13. The lowest BCUT2D eigenvalue weighted by molar-refractivity contribution is 0.364. The second-order valence-corrected chi connectivity index (χ2v) is 5.30. The third kappa shape index (κ3) is 5.67. The largest absolute Gasteiger partial charge is 0.444 e. The van der Waals surface area contributed by atoms with Crippen molar-refractivity contribution in [2.45, 2.75) is 78.3 Å². The van der Waals surface area contributed by atoms with Crippen molar-refractivity contribution < 1.29 is 4.42 Å². The van der Waals surface area contributed by atoms with E-state index < -0.39 is 0 Å². The van der Waals surface area contributed by atoms with Gasteiger partial charge in [-0.2, -0.15) is 0 Å². The summed E-state index contributed by atoms with van der Waals surface area (Å²) in [5, 5.41) is 3.54. The molecule has 2 unspecified atom stereocenters. The van der Waals surface area contributed by atoms with Crippen LogP contribution in [0.1, 0.15) is 77.0 Å². The first-order valence-electron chi connectivity index (χ1n) is 7.31. The van der Waals surface area contributed by atoms with E-state index in [2.05, 4.69) is 31.1 Å². The fraction of sp³-hybridized carbons (Fsp3) is 0.800. The first-order valence-corrected chi connectivity index (χ1v) is 7.31. The van der Waals surface area contributed by atoms with Gasteiger partial charge in [-0.1, -0.05) is 39.0 Å². The normalized spacial score (nSPS) is 14.7. The summed E-state index contributed by atoms with van der Waals surface area (Å²) in [5.41, 5.74) is 0. The minimum atomic E-state index is 0.198. The van der Waals surface area contributed by atoms with Crippen LogP contribution in [-0.2, 0) is 0 Å². The molecule has 3 heteroatoms. The number of unbranched alkanes of at least 4 members (excludes halogenated alkanes) is 4. The molecule has 0 aliphatic carbocycles. The first-order chi connectivity index (χ1) is 8.63. The molecule has 1 heterocycles. The summed E-state index contributed by atoms with van der Waals surface area (Å²) < 4.78 is 5.53. The van der Waals surface area contributed by atoms with Crippen molar-refractivity contribution in [3.8, 4) is 0 Å². The van der Waals surface area contributed by atoms with Crippen LogP contribution >= 0.6 is 0 Å². The zero-order valence-corrected chi connectivity index (χ0v) is 12.3. The van der Waals surface area contributed by atoms with E-state index in [1.807, 2.05) is 6.92 Å². The monoisotopic (exact) mass is 252 g/mol. The van der Waals surface area contributed by atoms with E-state index >= 15 is 0 Å². The van der Waals surface area contributed by atoms with Gasteiger partial charge in [-0.3, -0.25) is 0 Å². The second kappa shape index (κ2) is 8.30. The number of aryl methyl sites for hydroxylation is 1. The fourth-order valence-electron chi connectivity index (χ4n) is 2.21. The molecule has 1 N–H and O–H groups in total. The van der Waals surface area contributed by atoms with E-state index in [4.69, 9.17) is 4.42 Å². The van der Waals surface area contributed by atoms with Crippen LogP contribution in [0.2, 0.25) is 0 Å². The average Bonchev–Trinajstić information content (AvgIpc) is 2.75. The van der Waals surface area contributed by atoms with Gasteiger partial charge in [0.15, 0.2) is 0 Å². The Labute approximate surface area is 111 Å². The molecule has 104 valence electrons. The van der Waals surface area contributed by atoms with Gasteiger partial charge >= 0.3 is 0 Å². The molecule has 0 spiro atoms. The van der Waals surface area contributed by atoms with Crippen LogP contribution in [0.5, 0.6) is 0 Å². The molecule has 0 saturated heterocycles. The van der Waals surface area contributed by atoms with Crippen LogP contribution in [0.3, 0.4) is 0 Å². The Morgan fingerprint density at radius 1 is 1.22 bits per heavy atom. The number of rotatable bonds is 9. The van der Waals surface area contributed by atoms with E-state index in [1.165, 1.54) is 38.5 Å². The van der Waals surface area contributed by atoms with E-state index in [0.29, 0.717) is 6.04 Å². The van der Waals surface area contributed by atoms with Gasteiger partial charge in [0.2, 0.25) is 5.89 Å². The van der Waals surface area contributed by atoms with E-state index in [1.54, 1.807) is 6.20 Å². The van der Waals surface area contributed by atoms with Crippen molar-refractivity contribution in [1.29, 1.82) is 0 Å². The quantitative estimate of drug-likeness (QED) is 0.663. The molecular formula is C15H28N2O. The van der Waals surface area contributed by atoms with Crippen LogP contribution in [0.4, 0.5) is 0 Å². The summed E-state index contributed by atoms with van der Waals surface area (Å²) in [6, 6.07) is 0.721. The highest BCUT2D eigenvalue weighted by Crippen LogP contribution is 2.14. The van der Waals surface area contributed by atoms with E-state index in [9.17, 15) is 0 Å². The van der Waals surface area contributed by atoms with Crippen molar-refractivity contribution in [3.05, 3.63) is 17.8 Å². The molecule has 0 saturated carbocycles. The van der Waals surface area contributed by atoms with Crippen LogP contribution in [0.25, 0.3) is 0 Å². The maximum absolute atomic E-state index is 5.53. The van der Waals surface area contributed by atoms with Crippen LogP contribution in [0.15, 0.2) is 10.6 Å². The summed E-state index contributed by atoms with van der Waals surface area (Å²) in [7, 11) is 0. The van der Waals surface area contributed by atoms with Crippen molar-refractivity contribution in [2.24, 2.45) is 0 Å². The van der Waals surface area contributed by atoms with E-state index in [-0.39, 0.29) is 6.04 Å². The molecule has 0 aliphatic heterocycles. The Kier molecular flexibility index (Phi) is 7.02. The molecule has 0 radical (unpaired) electrons. The number of hydrogen-bond acceptors (Lipinski definition) is 3. The predicted molar refractivity (Wildman–Crippen MR) is 75.6 cm³/mol. The minimum absolute atomic E-state index is 0.198. The maximum Gasteiger partial charge on any atom is 0.211 e. The standard InChI is InChI=1S/C15H28N2O/c1-5-6-7-8-9-10-12(2)17-14(4)15-16-11-13(3)18-15/h11-12,14,17H,5-10H2,1-4H3. The molecule has 0 fully saturated rings. The predicted octanol–water partition coefficient (Wildman–Crippen LogP) is 4.38. The first kappa shape index (κ1) is 15.2. The highest BCUT2D eigenvalue weighted by atomic mass is 16.4. The van der Waals surface area contributed by atoms with Crippen molar-refractivity contribution in [3.63, 3.8) is 0 Å². The maximum atomic E-state index is 5.53. The van der Waals surface area contributed by atoms with Gasteiger partial charge in [-0.25, -0.2) is 4.98 Å². The Balaban J connectivity index is 2.17. The molecule has 1 rings (SSSR count). The van der Waals surface area contributed by atoms with Crippen LogP contribution in [-0.4, -0.2) is 11.0 Å². The van der Waals surface area contributed by atoms with Gasteiger partial charge in [-0.15, -0.1) is 0 Å². The molecule has 3 nitrogen and oxygen atoms in total. The number of oxazole rings is 1. The fourth-order valence-corrected chi connectivity index (χ4v) is 2.21. The average molecular weight is 252 g/mol. The number of nitrogens with zero attached hydrogens (tertiary/aromatic N) is 1. The summed E-state index contributed by atoms with van der Waals surface area (Å²) in [4.78, 5) is 4.26. The third-order valence-corrected chi connectivity index (χ3v) is 3.28. The zero-order chi connectivity index (χ0) is 13.4. The second-order valence-electron chi connectivity index (χ2n) is 5.30. The number of nitrogens with one attached hydrogen (secondary N) is 1. The molecule has 0 bridgehead atoms. The molecule has 2 atom stereocenters. The topological polar surface area (TPSA) is 38.1 Å². The Hall–Kier alpha value is -0.830.